The number of ether oxygens (including phenoxy) is 1. The number of nitrogens with one attached hydrogen (secondary N) is 2. The van der Waals surface area contributed by atoms with Gasteiger partial charge in [0.25, 0.3) is 0 Å². The highest BCUT2D eigenvalue weighted by molar-refractivity contribution is 5.94. The van der Waals surface area contributed by atoms with E-state index in [1.807, 2.05) is 0 Å². The number of carbonyl (C=O) groups is 2. The Balaban J connectivity index is 1.46. The fraction of sp³-hybridized carbons (Fsp3) is 0.391. The Morgan fingerprint density at radius 3 is 2.61 bits per heavy atom. The number of hydrogen-bond acceptors (Lipinski definition) is 4. The molecule has 0 aromatic heterocycles. The number of hydrogen-bond donors (Lipinski definition) is 2. The van der Waals surface area contributed by atoms with Crippen molar-refractivity contribution >= 4 is 17.7 Å². The molecule has 1 saturated heterocycles. The molecule has 0 saturated carbocycles. The Labute approximate surface area is 187 Å². The van der Waals surface area contributed by atoms with E-state index in [0.29, 0.717) is 23.2 Å². The standard InChI is InChI=1S/C23H23F4N3O3/c1-13(31)29-12-21-20-9-16-8-17(18(24)10-19(16)30(20)22(32)33-21)15-4-2-14(3-5-15)11-28-7-6-23(25,26)27/h2-5,8,10,20-21,28H,6-7,9,11-12H2,1H3,(H,29,31)/t20-,21-/m0/s1. The van der Waals surface area contributed by atoms with Crippen LogP contribution in [0.4, 0.5) is 28.0 Å². The zero-order valence-electron chi connectivity index (χ0n) is 17.8. The van der Waals surface area contributed by atoms with Crippen molar-refractivity contribution in [3.8, 4) is 11.1 Å². The molecule has 2 atom stereocenters. The number of carbonyl (C=O) groups excluding carboxylic acids is 2. The average molecular weight is 465 g/mol. The Bertz CT molecular complexity index is 1060. The quantitative estimate of drug-likeness (QED) is 0.481. The van der Waals surface area contributed by atoms with Crippen molar-refractivity contribution in [2.75, 3.05) is 18.0 Å². The fourth-order valence-electron chi connectivity index (χ4n) is 4.20. The van der Waals surface area contributed by atoms with Crippen LogP contribution >= 0.6 is 0 Å². The summed E-state index contributed by atoms with van der Waals surface area (Å²) in [6.07, 6.45) is -5.71. The van der Waals surface area contributed by atoms with Crippen molar-refractivity contribution in [1.82, 2.24) is 10.6 Å². The van der Waals surface area contributed by atoms with Crippen LogP contribution in [0.3, 0.4) is 0 Å². The second-order valence-electron chi connectivity index (χ2n) is 8.20. The second-order valence-corrected chi connectivity index (χ2v) is 8.20. The summed E-state index contributed by atoms with van der Waals surface area (Å²) in [5.41, 5.74) is 3.05. The SMILES string of the molecule is CC(=O)NC[C@@H]1OC(=O)N2c3cc(F)c(-c4ccc(CNCCC(F)(F)F)cc4)cc3C[C@@H]12. The van der Waals surface area contributed by atoms with Gasteiger partial charge in [0.15, 0.2) is 0 Å². The third-order valence-corrected chi connectivity index (χ3v) is 5.80. The minimum absolute atomic E-state index is 0.173. The van der Waals surface area contributed by atoms with Crippen molar-refractivity contribution in [3.63, 3.8) is 0 Å². The molecule has 10 heteroatoms. The normalized spacial score (nSPS) is 19.3. The maximum atomic E-state index is 15.0. The number of anilines is 1. The number of nitrogens with zero attached hydrogens (tertiary/aromatic N) is 1. The highest BCUT2D eigenvalue weighted by Gasteiger charge is 2.47. The molecule has 176 valence electrons. The van der Waals surface area contributed by atoms with Crippen LogP contribution in [0.1, 0.15) is 24.5 Å². The van der Waals surface area contributed by atoms with E-state index in [9.17, 15) is 27.2 Å². The Kier molecular flexibility index (Phi) is 6.29. The predicted octanol–water partition coefficient (Wildman–Crippen LogP) is 3.92. The van der Waals surface area contributed by atoms with E-state index in [0.717, 1.165) is 11.1 Å². The van der Waals surface area contributed by atoms with Crippen LogP contribution in [-0.4, -0.2) is 43.4 Å². The molecular formula is C23H23F4N3O3. The van der Waals surface area contributed by atoms with Gasteiger partial charge in [0, 0.05) is 25.6 Å². The highest BCUT2D eigenvalue weighted by atomic mass is 19.4. The third kappa shape index (κ3) is 5.11. The molecule has 2 aliphatic rings. The van der Waals surface area contributed by atoms with Gasteiger partial charge in [-0.3, -0.25) is 9.69 Å². The van der Waals surface area contributed by atoms with Gasteiger partial charge in [0.1, 0.15) is 11.9 Å². The lowest BCUT2D eigenvalue weighted by Crippen LogP contribution is -2.40. The van der Waals surface area contributed by atoms with Crippen LogP contribution in [0.5, 0.6) is 0 Å². The van der Waals surface area contributed by atoms with E-state index < -0.39 is 30.6 Å². The first kappa shape index (κ1) is 23.0. The second kappa shape index (κ2) is 9.01. The molecule has 2 heterocycles. The zero-order chi connectivity index (χ0) is 23.8. The number of halogens is 4. The molecule has 6 nitrogen and oxygen atoms in total. The van der Waals surface area contributed by atoms with Crippen LogP contribution in [-0.2, 0) is 22.5 Å². The summed E-state index contributed by atoms with van der Waals surface area (Å²) in [5.74, 6) is -0.726. The van der Waals surface area contributed by atoms with E-state index in [-0.39, 0.29) is 31.6 Å². The van der Waals surface area contributed by atoms with Gasteiger partial charge in [0.05, 0.1) is 24.7 Å². The molecule has 1 fully saturated rings. The van der Waals surface area contributed by atoms with Gasteiger partial charge in [0.2, 0.25) is 5.91 Å². The summed E-state index contributed by atoms with van der Waals surface area (Å²) < 4.78 is 57.0. The summed E-state index contributed by atoms with van der Waals surface area (Å²) >= 11 is 0. The van der Waals surface area contributed by atoms with Crippen molar-refractivity contribution in [1.29, 1.82) is 0 Å². The monoisotopic (exact) mass is 465 g/mol. The van der Waals surface area contributed by atoms with Crippen molar-refractivity contribution in [3.05, 3.63) is 53.3 Å². The van der Waals surface area contributed by atoms with Crippen LogP contribution < -0.4 is 15.5 Å². The number of rotatable bonds is 7. The molecule has 0 aliphatic carbocycles. The van der Waals surface area contributed by atoms with Gasteiger partial charge in [-0.05, 0) is 35.2 Å². The molecule has 4 rings (SSSR count). The van der Waals surface area contributed by atoms with E-state index in [2.05, 4.69) is 10.6 Å². The molecule has 2 aliphatic heterocycles. The lowest BCUT2D eigenvalue weighted by Gasteiger charge is -2.16. The van der Waals surface area contributed by atoms with Gasteiger partial charge in [-0.2, -0.15) is 13.2 Å². The fourth-order valence-corrected chi connectivity index (χ4v) is 4.20. The number of amides is 2. The van der Waals surface area contributed by atoms with Crippen molar-refractivity contribution < 1.29 is 31.9 Å². The van der Waals surface area contributed by atoms with E-state index in [1.165, 1.54) is 17.9 Å². The Morgan fingerprint density at radius 2 is 1.94 bits per heavy atom. The molecule has 0 bridgehead atoms. The molecule has 2 aromatic carbocycles. The van der Waals surface area contributed by atoms with E-state index >= 15 is 0 Å². The minimum Gasteiger partial charge on any atom is -0.442 e. The Hall–Kier alpha value is -3.14. The molecule has 2 N–H and O–H groups in total. The van der Waals surface area contributed by atoms with Gasteiger partial charge in [-0.25, -0.2) is 9.18 Å². The summed E-state index contributed by atoms with van der Waals surface area (Å²) in [6.45, 7) is 1.67. The van der Waals surface area contributed by atoms with Crippen molar-refractivity contribution in [2.24, 2.45) is 0 Å². The van der Waals surface area contributed by atoms with Crippen molar-refractivity contribution in [2.45, 2.75) is 44.6 Å². The third-order valence-electron chi connectivity index (χ3n) is 5.80. The highest BCUT2D eigenvalue weighted by Crippen LogP contribution is 2.41. The lowest BCUT2D eigenvalue weighted by molar-refractivity contribution is -0.133. The molecular weight excluding hydrogens is 442 g/mol. The molecule has 2 amide bonds. The number of cyclic esters (lactones) is 1. The largest absolute Gasteiger partial charge is 0.442 e. The maximum Gasteiger partial charge on any atom is 0.415 e. The number of benzene rings is 2. The molecule has 0 unspecified atom stereocenters. The smallest absolute Gasteiger partial charge is 0.415 e. The lowest BCUT2D eigenvalue weighted by atomic mass is 9.98. The van der Waals surface area contributed by atoms with E-state index in [1.54, 1.807) is 30.3 Å². The van der Waals surface area contributed by atoms with Crippen LogP contribution in [0.25, 0.3) is 11.1 Å². The molecule has 0 radical (unpaired) electrons. The van der Waals surface area contributed by atoms with Crippen LogP contribution in [0, 0.1) is 5.82 Å². The first-order chi connectivity index (χ1) is 15.6. The summed E-state index contributed by atoms with van der Waals surface area (Å²) in [7, 11) is 0. The number of alkyl halides is 3. The van der Waals surface area contributed by atoms with Gasteiger partial charge >= 0.3 is 12.3 Å². The summed E-state index contributed by atoms with van der Waals surface area (Å²) in [5, 5.41) is 5.39. The molecule has 0 spiro atoms. The molecule has 33 heavy (non-hydrogen) atoms. The minimum atomic E-state index is -4.20. The topological polar surface area (TPSA) is 70.7 Å². The van der Waals surface area contributed by atoms with Gasteiger partial charge < -0.3 is 15.4 Å². The van der Waals surface area contributed by atoms with Gasteiger partial charge in [-0.1, -0.05) is 24.3 Å². The van der Waals surface area contributed by atoms with Gasteiger partial charge in [-0.15, -0.1) is 0 Å². The Morgan fingerprint density at radius 1 is 1.21 bits per heavy atom. The first-order valence-corrected chi connectivity index (χ1v) is 10.6. The molecule has 2 aromatic rings. The van der Waals surface area contributed by atoms with Crippen LogP contribution in [0.15, 0.2) is 36.4 Å². The summed E-state index contributed by atoms with van der Waals surface area (Å²) in [4.78, 5) is 25.0. The zero-order valence-corrected chi connectivity index (χ0v) is 17.8. The predicted molar refractivity (Wildman–Crippen MR) is 113 cm³/mol. The average Bonchev–Trinajstić information content (AvgIpc) is 3.26. The maximum absolute atomic E-state index is 15.0. The van der Waals surface area contributed by atoms with Crippen LogP contribution in [0.2, 0.25) is 0 Å². The van der Waals surface area contributed by atoms with E-state index in [4.69, 9.17) is 4.74 Å². The number of fused-ring (bicyclic) bond motifs is 3. The summed E-state index contributed by atoms with van der Waals surface area (Å²) in [6, 6.07) is 9.62. The first-order valence-electron chi connectivity index (χ1n) is 10.6.